The number of rotatable bonds is 2. The predicted octanol–water partition coefficient (Wildman–Crippen LogP) is 1.43. The number of hydrogen-bond donors (Lipinski definition) is 0. The number of anilines is 1. The van der Waals surface area contributed by atoms with E-state index in [4.69, 9.17) is 4.74 Å². The molecule has 1 aromatic heterocycles. The van der Waals surface area contributed by atoms with Gasteiger partial charge in [-0.25, -0.2) is 4.98 Å². The van der Waals surface area contributed by atoms with E-state index < -0.39 is 0 Å². The molecule has 15 heavy (non-hydrogen) atoms. The van der Waals surface area contributed by atoms with E-state index in [1.807, 2.05) is 0 Å². The second-order valence-electron chi connectivity index (χ2n) is 3.79. The fraction of sp³-hybridized carbons (Fsp3) is 0.600. The molecule has 0 aromatic carbocycles. The predicted molar refractivity (Wildman–Crippen MR) is 59.7 cm³/mol. The maximum atomic E-state index is 10.6. The number of carbonyl (C=O) groups is 1. The molecule has 0 aliphatic carbocycles. The van der Waals surface area contributed by atoms with Crippen LogP contribution in [-0.4, -0.2) is 37.6 Å². The average molecular weight is 226 g/mol. The van der Waals surface area contributed by atoms with Crippen molar-refractivity contribution in [3.05, 3.63) is 11.1 Å². The third-order valence-corrected chi connectivity index (χ3v) is 3.32. The number of carbonyl (C=O) groups excluding carboxylic acids is 1. The highest BCUT2D eigenvalue weighted by Gasteiger charge is 2.17. The van der Waals surface area contributed by atoms with Crippen LogP contribution < -0.4 is 4.90 Å². The molecule has 2 rings (SSSR count). The summed E-state index contributed by atoms with van der Waals surface area (Å²) >= 11 is 1.44. The summed E-state index contributed by atoms with van der Waals surface area (Å²) in [6.45, 7) is 5.51. The van der Waals surface area contributed by atoms with Crippen LogP contribution in [0.2, 0.25) is 0 Å². The SMILES string of the molecule is CC1COCCN(c2ncc(C=O)s2)C1. The van der Waals surface area contributed by atoms with Gasteiger partial charge in [0.1, 0.15) is 0 Å². The van der Waals surface area contributed by atoms with Crippen molar-refractivity contribution in [2.45, 2.75) is 6.92 Å². The van der Waals surface area contributed by atoms with Crippen LogP contribution in [0.1, 0.15) is 16.6 Å². The van der Waals surface area contributed by atoms with Gasteiger partial charge in [-0.1, -0.05) is 18.3 Å². The van der Waals surface area contributed by atoms with Gasteiger partial charge < -0.3 is 9.64 Å². The van der Waals surface area contributed by atoms with E-state index in [9.17, 15) is 4.79 Å². The third kappa shape index (κ3) is 2.54. The molecule has 4 nitrogen and oxygen atoms in total. The number of nitrogens with zero attached hydrogens (tertiary/aromatic N) is 2. The largest absolute Gasteiger partial charge is 0.379 e. The third-order valence-electron chi connectivity index (χ3n) is 2.34. The first-order valence-electron chi connectivity index (χ1n) is 5.03. The molecule has 1 fully saturated rings. The van der Waals surface area contributed by atoms with Gasteiger partial charge in [0.05, 0.1) is 24.3 Å². The lowest BCUT2D eigenvalue weighted by Gasteiger charge is -2.20. The molecule has 1 aliphatic rings. The van der Waals surface area contributed by atoms with Gasteiger partial charge in [0.15, 0.2) is 11.4 Å². The van der Waals surface area contributed by atoms with Gasteiger partial charge in [0, 0.05) is 13.1 Å². The van der Waals surface area contributed by atoms with E-state index in [0.29, 0.717) is 10.8 Å². The Balaban J connectivity index is 2.10. The Morgan fingerprint density at radius 2 is 2.60 bits per heavy atom. The van der Waals surface area contributed by atoms with E-state index in [0.717, 1.165) is 37.7 Å². The van der Waals surface area contributed by atoms with Crippen molar-refractivity contribution in [3.63, 3.8) is 0 Å². The summed E-state index contributed by atoms with van der Waals surface area (Å²) in [4.78, 5) is 17.7. The summed E-state index contributed by atoms with van der Waals surface area (Å²) in [7, 11) is 0. The molecular weight excluding hydrogens is 212 g/mol. The molecule has 0 bridgehead atoms. The van der Waals surface area contributed by atoms with Gasteiger partial charge in [0.25, 0.3) is 0 Å². The van der Waals surface area contributed by atoms with Gasteiger partial charge >= 0.3 is 0 Å². The molecule has 1 saturated heterocycles. The van der Waals surface area contributed by atoms with Crippen molar-refractivity contribution in [1.29, 1.82) is 0 Å². The van der Waals surface area contributed by atoms with Crippen molar-refractivity contribution < 1.29 is 9.53 Å². The highest BCUT2D eigenvalue weighted by Crippen LogP contribution is 2.23. The Morgan fingerprint density at radius 1 is 1.73 bits per heavy atom. The minimum absolute atomic E-state index is 0.510. The van der Waals surface area contributed by atoms with Crippen LogP contribution in [0.4, 0.5) is 5.13 Å². The zero-order valence-corrected chi connectivity index (χ0v) is 9.50. The molecule has 0 N–H and O–H groups in total. The zero-order valence-electron chi connectivity index (χ0n) is 8.68. The first-order chi connectivity index (χ1) is 7.29. The topological polar surface area (TPSA) is 42.4 Å². The van der Waals surface area contributed by atoms with E-state index in [-0.39, 0.29) is 0 Å². The van der Waals surface area contributed by atoms with Crippen molar-refractivity contribution in [2.75, 3.05) is 31.2 Å². The smallest absolute Gasteiger partial charge is 0.186 e. The zero-order chi connectivity index (χ0) is 10.7. The summed E-state index contributed by atoms with van der Waals surface area (Å²) in [6.07, 6.45) is 2.47. The Hall–Kier alpha value is -0.940. The Bertz CT molecular complexity index is 340. The molecule has 82 valence electrons. The van der Waals surface area contributed by atoms with E-state index >= 15 is 0 Å². The quantitative estimate of drug-likeness (QED) is 0.715. The fourth-order valence-corrected chi connectivity index (χ4v) is 2.40. The molecule has 0 amide bonds. The Morgan fingerprint density at radius 3 is 3.33 bits per heavy atom. The molecule has 0 saturated carbocycles. The van der Waals surface area contributed by atoms with Crippen LogP contribution in [0.25, 0.3) is 0 Å². The highest BCUT2D eigenvalue weighted by atomic mass is 32.1. The van der Waals surface area contributed by atoms with Gasteiger partial charge in [-0.15, -0.1) is 0 Å². The van der Waals surface area contributed by atoms with E-state index in [1.165, 1.54) is 11.3 Å². The molecular formula is C10H14N2O2S. The number of hydrogen-bond acceptors (Lipinski definition) is 5. The maximum Gasteiger partial charge on any atom is 0.186 e. The molecule has 1 atom stereocenters. The van der Waals surface area contributed by atoms with Gasteiger partial charge in [-0.2, -0.15) is 0 Å². The van der Waals surface area contributed by atoms with E-state index in [1.54, 1.807) is 6.20 Å². The minimum Gasteiger partial charge on any atom is -0.379 e. The van der Waals surface area contributed by atoms with Crippen LogP contribution in [0, 0.1) is 5.92 Å². The second kappa shape index (κ2) is 4.72. The van der Waals surface area contributed by atoms with E-state index in [2.05, 4.69) is 16.8 Å². The highest BCUT2D eigenvalue weighted by molar-refractivity contribution is 7.17. The Kier molecular flexibility index (Phi) is 3.33. The molecule has 0 radical (unpaired) electrons. The van der Waals surface area contributed by atoms with Gasteiger partial charge in [-0.3, -0.25) is 4.79 Å². The first kappa shape index (κ1) is 10.6. The second-order valence-corrected chi connectivity index (χ2v) is 4.83. The number of ether oxygens (including phenoxy) is 1. The molecule has 1 unspecified atom stereocenters. The standard InChI is InChI=1S/C10H14N2O2S/c1-8-5-12(2-3-14-7-8)10-11-4-9(6-13)15-10/h4,6,8H,2-3,5,7H2,1H3. The molecule has 1 aromatic rings. The monoisotopic (exact) mass is 226 g/mol. The number of thiazole rings is 1. The lowest BCUT2D eigenvalue weighted by Crippen LogP contribution is -2.28. The van der Waals surface area contributed by atoms with Crippen LogP contribution in [0.15, 0.2) is 6.20 Å². The van der Waals surface area contributed by atoms with Crippen LogP contribution >= 0.6 is 11.3 Å². The summed E-state index contributed by atoms with van der Waals surface area (Å²) in [6, 6.07) is 0. The average Bonchev–Trinajstić information content (AvgIpc) is 2.61. The minimum atomic E-state index is 0.510. The summed E-state index contributed by atoms with van der Waals surface area (Å²) < 4.78 is 5.46. The fourth-order valence-electron chi connectivity index (χ4n) is 1.63. The van der Waals surface area contributed by atoms with Crippen molar-refractivity contribution in [1.82, 2.24) is 4.98 Å². The Labute approximate surface area is 92.9 Å². The van der Waals surface area contributed by atoms with Crippen molar-refractivity contribution >= 4 is 22.8 Å². The summed E-state index contributed by atoms with van der Waals surface area (Å²) in [5.74, 6) is 0.510. The molecule has 2 heterocycles. The summed E-state index contributed by atoms with van der Waals surface area (Å²) in [5, 5.41) is 0.925. The van der Waals surface area contributed by atoms with Crippen LogP contribution in [-0.2, 0) is 4.74 Å². The molecule has 1 aliphatic heterocycles. The van der Waals surface area contributed by atoms with Crippen LogP contribution in [0.5, 0.6) is 0 Å². The van der Waals surface area contributed by atoms with Gasteiger partial charge in [-0.05, 0) is 5.92 Å². The lowest BCUT2D eigenvalue weighted by atomic mass is 10.2. The maximum absolute atomic E-state index is 10.6. The number of aromatic nitrogens is 1. The normalized spacial score (nSPS) is 22.5. The number of aldehydes is 1. The summed E-state index contributed by atoms with van der Waals surface area (Å²) in [5.41, 5.74) is 0. The van der Waals surface area contributed by atoms with Crippen LogP contribution in [0.3, 0.4) is 0 Å². The molecule has 5 heteroatoms. The lowest BCUT2D eigenvalue weighted by molar-refractivity contribution is 0.112. The van der Waals surface area contributed by atoms with Gasteiger partial charge in [0.2, 0.25) is 0 Å². The van der Waals surface area contributed by atoms with Crippen molar-refractivity contribution in [2.24, 2.45) is 5.92 Å². The molecule has 0 spiro atoms. The van der Waals surface area contributed by atoms with Crippen molar-refractivity contribution in [3.8, 4) is 0 Å². The first-order valence-corrected chi connectivity index (χ1v) is 5.85.